The van der Waals surface area contributed by atoms with Crippen LogP contribution < -0.4 is 9.47 Å². The SMILES string of the molecule is CC(=O)c1cc2c(OC(=O)N3CCCCC3)c3ccccc3c(OC(=O)N3CCN(C(=O)OC(C)(C)C)CC3)c2o1.CC(=O)c1cc2c(o1)C(=O)c1ccccc1C2=O.CC(C)(C)OC(=O)N1CCN(C(=O)Cl)CC1. The van der Waals surface area contributed by atoms with Crippen LogP contribution in [0.4, 0.5) is 24.0 Å². The van der Waals surface area contributed by atoms with E-state index in [1.807, 2.05) is 20.8 Å². The van der Waals surface area contributed by atoms with E-state index in [0.29, 0.717) is 79.6 Å². The Kier molecular flexibility index (Phi) is 16.7. The Hall–Kier alpha value is -7.74. The zero-order chi connectivity index (χ0) is 54.5. The van der Waals surface area contributed by atoms with E-state index in [-0.39, 0.29) is 82.2 Å². The van der Waals surface area contributed by atoms with Crippen LogP contribution in [0.2, 0.25) is 0 Å². The summed E-state index contributed by atoms with van der Waals surface area (Å²) >= 11 is 5.34. The molecule has 3 fully saturated rings. The molecule has 0 N–H and O–H groups in total. The summed E-state index contributed by atoms with van der Waals surface area (Å²) in [6.07, 6.45) is 1.01. The lowest BCUT2D eigenvalue weighted by atomic mass is 9.88. The van der Waals surface area contributed by atoms with Crippen molar-refractivity contribution >= 4 is 86.2 Å². The Balaban J connectivity index is 0.000000197. The van der Waals surface area contributed by atoms with Crippen LogP contribution in [-0.2, 0) is 9.47 Å². The lowest BCUT2D eigenvalue weighted by Gasteiger charge is -2.35. The fourth-order valence-corrected chi connectivity index (χ4v) is 8.65. The van der Waals surface area contributed by atoms with Crippen LogP contribution in [-0.4, -0.2) is 154 Å². The molecule has 5 heterocycles. The summed E-state index contributed by atoms with van der Waals surface area (Å²) in [4.78, 5) is 117. The zero-order valence-electron chi connectivity index (χ0n) is 43.2. The van der Waals surface area contributed by atoms with Crippen molar-refractivity contribution in [1.82, 2.24) is 24.5 Å². The largest absolute Gasteiger partial charge is 0.449 e. The first kappa shape index (κ1) is 55.0. The lowest BCUT2D eigenvalue weighted by Crippen LogP contribution is -2.52. The van der Waals surface area contributed by atoms with Crippen LogP contribution in [0.3, 0.4) is 0 Å². The van der Waals surface area contributed by atoms with Crippen molar-refractivity contribution in [2.45, 2.75) is 85.9 Å². The Morgan fingerprint density at radius 1 is 0.480 bits per heavy atom. The predicted molar refractivity (Wildman–Crippen MR) is 273 cm³/mol. The summed E-state index contributed by atoms with van der Waals surface area (Å²) < 4.78 is 33.6. The van der Waals surface area contributed by atoms with Crippen LogP contribution in [0, 0.1) is 0 Å². The first-order chi connectivity index (χ1) is 35.4. The number of fused-ring (bicyclic) bond motifs is 4. The molecule has 3 aliphatic heterocycles. The molecule has 3 aromatic carbocycles. The molecule has 0 atom stereocenters. The van der Waals surface area contributed by atoms with Crippen molar-refractivity contribution in [1.29, 1.82) is 0 Å². The quantitative estimate of drug-likeness (QED) is 0.0908. The molecule has 0 bridgehead atoms. The number of ether oxygens (including phenoxy) is 4. The van der Waals surface area contributed by atoms with Crippen LogP contribution in [0.25, 0.3) is 21.7 Å². The van der Waals surface area contributed by atoms with Gasteiger partial charge in [0.25, 0.3) is 0 Å². The Bertz CT molecular complexity index is 3000. The maximum absolute atomic E-state index is 13.3. The topological polar surface area (TPSA) is 233 Å². The second-order valence-corrected chi connectivity index (χ2v) is 20.5. The number of halogens is 1. The van der Waals surface area contributed by atoms with E-state index in [2.05, 4.69) is 0 Å². The van der Waals surface area contributed by atoms with Crippen molar-refractivity contribution < 1.29 is 70.9 Å². The molecule has 3 saturated heterocycles. The summed E-state index contributed by atoms with van der Waals surface area (Å²) in [5.74, 6) is -0.854. The molecular formula is C54H60ClN5O15. The smallest absolute Gasteiger partial charge is 0.415 e. The highest BCUT2D eigenvalue weighted by molar-refractivity contribution is 6.62. The van der Waals surface area contributed by atoms with Crippen molar-refractivity contribution in [3.8, 4) is 11.5 Å². The Labute approximate surface area is 437 Å². The number of piperazine rings is 2. The van der Waals surface area contributed by atoms with Crippen molar-refractivity contribution in [2.24, 2.45) is 0 Å². The molecule has 75 heavy (non-hydrogen) atoms. The number of likely N-dealkylation sites (tertiary alicyclic amines) is 1. The van der Waals surface area contributed by atoms with Gasteiger partial charge in [-0.15, -0.1) is 0 Å². The van der Waals surface area contributed by atoms with Crippen molar-refractivity contribution in [3.63, 3.8) is 0 Å². The summed E-state index contributed by atoms with van der Waals surface area (Å²) in [6.45, 7) is 17.7. The van der Waals surface area contributed by atoms with E-state index in [9.17, 15) is 43.2 Å². The van der Waals surface area contributed by atoms with Gasteiger partial charge < -0.3 is 52.3 Å². The summed E-state index contributed by atoms with van der Waals surface area (Å²) in [7, 11) is 0. The summed E-state index contributed by atoms with van der Waals surface area (Å²) in [5.41, 5.74) is -0.128. The van der Waals surface area contributed by atoms with Gasteiger partial charge in [0, 0.05) is 101 Å². The van der Waals surface area contributed by atoms with Gasteiger partial charge in [0.2, 0.25) is 5.78 Å². The average Bonchev–Trinajstić information content (AvgIpc) is 4.04. The number of carbonyl (C=O) groups is 9. The number of furan rings is 2. The van der Waals surface area contributed by atoms with Gasteiger partial charge >= 0.3 is 29.7 Å². The number of piperidine rings is 1. The highest BCUT2D eigenvalue weighted by Gasteiger charge is 2.35. The maximum Gasteiger partial charge on any atom is 0.415 e. The zero-order valence-corrected chi connectivity index (χ0v) is 44.0. The Morgan fingerprint density at radius 2 is 0.893 bits per heavy atom. The standard InChI is InChI=1S/C30H35N3O8.C14H8O4.C10H17ClN2O3/c1-19(34)23-18-22-24(39-27(35)31-12-8-5-9-13-31)20-10-6-7-11-21(20)25(26(22)38-23)40-28(36)32-14-16-33(17-15-32)29(37)41-30(2,3)4;1-7(15)11-6-10-12(16)8-4-2-3-5-9(8)13(17)14(10)18-11;1-10(2,3)16-9(15)13-6-4-12(5-7-13)8(11)14/h6-7,10-11,18H,5,8-9,12-17H2,1-4H3;2-6H,1H3;4-7H2,1-3H3. The number of hydrogen-bond acceptors (Lipinski definition) is 15. The molecule has 21 heteroatoms. The molecule has 2 aromatic heterocycles. The predicted octanol–water partition coefficient (Wildman–Crippen LogP) is 9.98. The highest BCUT2D eigenvalue weighted by Crippen LogP contribution is 2.45. The third-order valence-corrected chi connectivity index (χ3v) is 12.5. The number of rotatable bonds is 4. The molecule has 9 rings (SSSR count). The molecule has 0 saturated carbocycles. The van der Waals surface area contributed by atoms with E-state index in [4.69, 9.17) is 39.4 Å². The second kappa shape index (κ2) is 22.8. The second-order valence-electron chi connectivity index (χ2n) is 20.2. The van der Waals surface area contributed by atoms with Gasteiger partial charge in [-0.25, -0.2) is 19.2 Å². The van der Waals surface area contributed by atoms with Gasteiger partial charge in [0.1, 0.15) is 11.2 Å². The molecule has 5 aromatic rings. The molecule has 1 aliphatic carbocycles. The number of benzene rings is 3. The third kappa shape index (κ3) is 13.1. The number of ketones is 4. The van der Waals surface area contributed by atoms with Gasteiger partial charge in [-0.3, -0.25) is 24.0 Å². The van der Waals surface area contributed by atoms with E-state index in [1.54, 1.807) is 84.0 Å². The van der Waals surface area contributed by atoms with Gasteiger partial charge in [-0.1, -0.05) is 48.5 Å². The lowest BCUT2D eigenvalue weighted by molar-refractivity contribution is 0.0152. The maximum atomic E-state index is 13.3. The van der Waals surface area contributed by atoms with E-state index >= 15 is 0 Å². The van der Waals surface area contributed by atoms with E-state index in [1.165, 1.54) is 35.8 Å². The molecule has 0 radical (unpaired) electrons. The van der Waals surface area contributed by atoms with Crippen LogP contribution in [0.1, 0.15) is 128 Å². The molecule has 0 spiro atoms. The van der Waals surface area contributed by atoms with Gasteiger partial charge in [-0.2, -0.15) is 0 Å². The molecular weight excluding hydrogens is 994 g/mol. The number of carbonyl (C=O) groups excluding carboxylic acids is 9. The van der Waals surface area contributed by atoms with Crippen LogP contribution in [0.15, 0.2) is 69.5 Å². The van der Waals surface area contributed by atoms with Gasteiger partial charge in [0.15, 0.2) is 51.7 Å². The minimum absolute atomic E-state index is 0.0366. The monoisotopic (exact) mass is 1050 g/mol. The summed E-state index contributed by atoms with van der Waals surface area (Å²) in [5, 5.41) is 0.922. The fraction of sp³-hybridized carbons (Fsp3) is 0.426. The number of nitrogens with zero attached hydrogens (tertiary/aromatic N) is 5. The number of amides is 5. The molecule has 4 aliphatic rings. The number of Topliss-reactive ketones (excluding diaryl/α,β-unsaturated/α-hetero) is 2. The summed E-state index contributed by atoms with van der Waals surface area (Å²) in [6, 6.07) is 16.5. The third-order valence-electron chi connectivity index (χ3n) is 12.3. The number of hydrogen-bond donors (Lipinski definition) is 0. The van der Waals surface area contributed by atoms with Crippen LogP contribution >= 0.6 is 11.6 Å². The van der Waals surface area contributed by atoms with Gasteiger partial charge in [-0.05, 0) is 84.5 Å². The molecule has 0 unspecified atom stereocenters. The highest BCUT2D eigenvalue weighted by atomic mass is 35.5. The first-order valence-electron chi connectivity index (χ1n) is 24.6. The minimum atomic E-state index is -0.626. The Morgan fingerprint density at radius 3 is 1.37 bits per heavy atom. The van der Waals surface area contributed by atoms with Gasteiger partial charge in [0.05, 0.1) is 10.9 Å². The molecule has 5 amide bonds. The van der Waals surface area contributed by atoms with Crippen LogP contribution in [0.5, 0.6) is 11.5 Å². The first-order valence-corrected chi connectivity index (χ1v) is 24.9. The van der Waals surface area contributed by atoms with E-state index in [0.717, 1.165) is 19.3 Å². The normalized spacial score (nSPS) is 15.7. The average molecular weight is 1050 g/mol. The fourth-order valence-electron chi connectivity index (χ4n) is 8.48. The van der Waals surface area contributed by atoms with Crippen molar-refractivity contribution in [2.75, 3.05) is 65.4 Å². The minimum Gasteiger partial charge on any atom is -0.449 e. The molecule has 20 nitrogen and oxygen atoms in total. The van der Waals surface area contributed by atoms with E-state index < -0.39 is 34.8 Å². The molecule has 398 valence electrons. The van der Waals surface area contributed by atoms with Crippen molar-refractivity contribution in [3.05, 3.63) is 94.6 Å².